The van der Waals surface area contributed by atoms with Crippen LogP contribution in [-0.4, -0.2) is 30.0 Å². The van der Waals surface area contributed by atoms with Crippen LogP contribution >= 0.6 is 11.6 Å². The number of imidazole rings is 1. The van der Waals surface area contributed by atoms with E-state index in [-0.39, 0.29) is 0 Å². The van der Waals surface area contributed by atoms with Crippen LogP contribution in [-0.2, 0) is 22.7 Å². The predicted molar refractivity (Wildman–Crippen MR) is 133 cm³/mol. The lowest BCUT2D eigenvalue weighted by Gasteiger charge is -2.54. The van der Waals surface area contributed by atoms with Gasteiger partial charge in [-0.3, -0.25) is 9.36 Å². The van der Waals surface area contributed by atoms with Gasteiger partial charge in [-0.05, 0) is 97.0 Å². The van der Waals surface area contributed by atoms with Crippen LogP contribution in [0.5, 0.6) is 0 Å². The van der Waals surface area contributed by atoms with E-state index in [1.807, 2.05) is 16.7 Å². The molecule has 6 rings (SSSR count). The molecule has 1 aromatic heterocycles. The molecule has 4 fully saturated rings. The summed E-state index contributed by atoms with van der Waals surface area (Å²) in [7, 11) is -1.12. The van der Waals surface area contributed by atoms with Gasteiger partial charge < -0.3 is 4.74 Å². The standard InChI is InChI=1S/C26H37ClN2O2Si/c1-32(2,3)7-6-31-16-29-25-14-17(4-5-24(25)28-26(29)27)13-22(30)15-23-20-9-18-8-19(11-20)12-21(23)10-18/h4-5,14,18-21,23H,6-13,15-16H2,1-3H3. The number of ether oxygens (including phenoxy) is 1. The van der Waals surface area contributed by atoms with Crippen molar-refractivity contribution in [2.45, 2.75) is 77.4 Å². The van der Waals surface area contributed by atoms with Crippen LogP contribution in [0.2, 0.25) is 31.0 Å². The third-order valence-corrected chi connectivity index (χ3v) is 10.3. The molecule has 0 amide bonds. The predicted octanol–water partition coefficient (Wildman–Crippen LogP) is 6.58. The Labute approximate surface area is 198 Å². The molecule has 0 radical (unpaired) electrons. The molecule has 4 nitrogen and oxygen atoms in total. The van der Waals surface area contributed by atoms with Crippen molar-refractivity contribution in [1.82, 2.24) is 9.55 Å². The maximum Gasteiger partial charge on any atom is 0.205 e. The number of fused-ring (bicyclic) bond motifs is 1. The summed E-state index contributed by atoms with van der Waals surface area (Å²) in [5.41, 5.74) is 2.88. The molecule has 174 valence electrons. The number of carbonyl (C=O) groups excluding carboxylic acids is 1. The Hall–Kier alpha value is -1.17. The first-order chi connectivity index (χ1) is 15.2. The SMILES string of the molecule is C[Si](C)(C)CCOCn1c(Cl)nc2ccc(CC(=O)CC3C4CC5CC(C4)CC3C5)cc21. The summed E-state index contributed by atoms with van der Waals surface area (Å²) in [6, 6.07) is 7.24. The number of benzene rings is 1. The van der Waals surface area contributed by atoms with E-state index in [1.54, 1.807) is 0 Å². The lowest BCUT2D eigenvalue weighted by atomic mass is 9.51. The number of halogens is 1. The maximum atomic E-state index is 13.1. The van der Waals surface area contributed by atoms with Gasteiger partial charge in [0, 0.05) is 27.5 Å². The smallest absolute Gasteiger partial charge is 0.205 e. The largest absolute Gasteiger partial charge is 0.361 e. The van der Waals surface area contributed by atoms with Crippen LogP contribution in [0, 0.1) is 29.6 Å². The minimum Gasteiger partial charge on any atom is -0.361 e. The summed E-state index contributed by atoms with van der Waals surface area (Å²) in [4.78, 5) is 17.5. The first-order valence-corrected chi connectivity index (χ1v) is 16.6. The molecule has 4 aliphatic carbocycles. The van der Waals surface area contributed by atoms with E-state index in [4.69, 9.17) is 16.3 Å². The molecule has 1 aromatic carbocycles. The number of nitrogens with zero attached hydrogens (tertiary/aromatic N) is 2. The number of hydrogen-bond donors (Lipinski definition) is 0. The monoisotopic (exact) mass is 472 g/mol. The van der Waals surface area contributed by atoms with Crippen molar-refractivity contribution < 1.29 is 9.53 Å². The number of carbonyl (C=O) groups is 1. The van der Waals surface area contributed by atoms with Gasteiger partial charge in [-0.1, -0.05) is 25.7 Å². The van der Waals surface area contributed by atoms with Gasteiger partial charge in [-0.2, -0.15) is 0 Å². The summed E-state index contributed by atoms with van der Waals surface area (Å²) in [5, 5.41) is 0.449. The minimum atomic E-state index is -1.12. The molecule has 2 aromatic rings. The Morgan fingerprint density at radius 1 is 1.12 bits per heavy atom. The highest BCUT2D eigenvalue weighted by Crippen LogP contribution is 2.57. The lowest BCUT2D eigenvalue weighted by molar-refractivity contribution is -0.123. The van der Waals surface area contributed by atoms with E-state index in [0.29, 0.717) is 30.1 Å². The Balaban J connectivity index is 1.23. The summed E-state index contributed by atoms with van der Waals surface area (Å²) < 4.78 is 7.85. The lowest BCUT2D eigenvalue weighted by Crippen LogP contribution is -2.45. The summed E-state index contributed by atoms with van der Waals surface area (Å²) in [5.74, 6) is 4.58. The molecule has 0 aliphatic heterocycles. The van der Waals surface area contributed by atoms with Crippen molar-refractivity contribution in [2.75, 3.05) is 6.61 Å². The van der Waals surface area contributed by atoms with E-state index in [9.17, 15) is 4.79 Å². The van der Waals surface area contributed by atoms with Gasteiger partial charge in [0.15, 0.2) is 0 Å². The number of ketones is 1. The van der Waals surface area contributed by atoms with E-state index in [2.05, 4.69) is 30.7 Å². The maximum absolute atomic E-state index is 13.1. The molecule has 0 saturated heterocycles. The molecule has 0 unspecified atom stereocenters. The van der Waals surface area contributed by atoms with Crippen LogP contribution in [0.4, 0.5) is 0 Å². The van der Waals surface area contributed by atoms with Crippen molar-refractivity contribution in [1.29, 1.82) is 0 Å². The quantitative estimate of drug-likeness (QED) is 0.306. The van der Waals surface area contributed by atoms with Crippen LogP contribution in [0.3, 0.4) is 0 Å². The second-order valence-electron chi connectivity index (χ2n) is 12.0. The van der Waals surface area contributed by atoms with Crippen molar-refractivity contribution >= 4 is 36.5 Å². The van der Waals surface area contributed by atoms with E-state index in [1.165, 1.54) is 32.1 Å². The molecule has 0 spiro atoms. The van der Waals surface area contributed by atoms with Crippen molar-refractivity contribution in [3.63, 3.8) is 0 Å². The Bertz CT molecular complexity index is 968. The number of aromatic nitrogens is 2. The number of Topliss-reactive ketones (excluding diaryl/α,β-unsaturated/α-hetero) is 1. The molecule has 4 aliphatic rings. The minimum absolute atomic E-state index is 0.394. The van der Waals surface area contributed by atoms with Crippen LogP contribution in [0.25, 0.3) is 11.0 Å². The second-order valence-corrected chi connectivity index (χ2v) is 18.0. The zero-order valence-corrected chi connectivity index (χ0v) is 21.5. The van der Waals surface area contributed by atoms with Gasteiger partial charge >= 0.3 is 0 Å². The summed E-state index contributed by atoms with van der Waals surface area (Å²) in [6.07, 6.45) is 8.27. The first kappa shape index (κ1) is 22.6. The van der Waals surface area contributed by atoms with E-state index in [0.717, 1.165) is 59.3 Å². The topological polar surface area (TPSA) is 44.1 Å². The Morgan fingerprint density at radius 2 is 1.81 bits per heavy atom. The van der Waals surface area contributed by atoms with E-state index >= 15 is 0 Å². The summed E-state index contributed by atoms with van der Waals surface area (Å²) >= 11 is 6.41. The van der Waals surface area contributed by atoms with Gasteiger partial charge in [0.25, 0.3) is 0 Å². The van der Waals surface area contributed by atoms with Crippen molar-refractivity contribution in [3.8, 4) is 0 Å². The molecular weight excluding hydrogens is 436 g/mol. The highest BCUT2D eigenvalue weighted by Gasteiger charge is 2.48. The molecule has 4 saturated carbocycles. The summed E-state index contributed by atoms with van der Waals surface area (Å²) in [6.45, 7) is 8.20. The average Bonchev–Trinajstić information content (AvgIpc) is 3.01. The zero-order valence-electron chi connectivity index (χ0n) is 19.8. The fourth-order valence-electron chi connectivity index (χ4n) is 6.84. The fraction of sp³-hybridized carbons (Fsp3) is 0.692. The normalized spacial score (nSPS) is 29.2. The molecule has 32 heavy (non-hydrogen) atoms. The Kier molecular flexibility index (Phi) is 6.28. The van der Waals surface area contributed by atoms with Gasteiger partial charge in [0.1, 0.15) is 12.5 Å². The molecular formula is C26H37ClN2O2Si. The average molecular weight is 473 g/mol. The third kappa shape index (κ3) is 4.85. The van der Waals surface area contributed by atoms with Crippen molar-refractivity contribution in [3.05, 3.63) is 29.0 Å². The fourth-order valence-corrected chi connectivity index (χ4v) is 7.83. The zero-order chi connectivity index (χ0) is 22.5. The van der Waals surface area contributed by atoms with Gasteiger partial charge in [-0.25, -0.2) is 4.98 Å². The van der Waals surface area contributed by atoms with Crippen LogP contribution < -0.4 is 0 Å². The van der Waals surface area contributed by atoms with Crippen LogP contribution in [0.15, 0.2) is 18.2 Å². The van der Waals surface area contributed by atoms with Crippen molar-refractivity contribution in [2.24, 2.45) is 29.6 Å². The first-order valence-electron chi connectivity index (χ1n) is 12.5. The van der Waals surface area contributed by atoms with Gasteiger partial charge in [0.05, 0.1) is 11.0 Å². The van der Waals surface area contributed by atoms with Gasteiger partial charge in [0.2, 0.25) is 5.28 Å². The number of hydrogen-bond acceptors (Lipinski definition) is 3. The molecule has 0 atom stereocenters. The molecule has 1 heterocycles. The van der Waals surface area contributed by atoms with Gasteiger partial charge in [-0.15, -0.1) is 0 Å². The third-order valence-electron chi connectivity index (χ3n) is 8.27. The Morgan fingerprint density at radius 3 is 2.47 bits per heavy atom. The molecule has 0 N–H and O–H groups in total. The number of rotatable bonds is 9. The van der Waals surface area contributed by atoms with E-state index < -0.39 is 8.07 Å². The highest BCUT2D eigenvalue weighted by molar-refractivity contribution is 6.76. The molecule has 4 bridgehead atoms. The second kappa shape index (κ2) is 8.88. The highest BCUT2D eigenvalue weighted by atomic mass is 35.5. The van der Waals surface area contributed by atoms with Crippen LogP contribution in [0.1, 0.15) is 44.1 Å². The molecule has 6 heteroatoms.